The molecule has 2 rings (SSSR count). The van der Waals surface area contributed by atoms with E-state index in [1.165, 1.54) is 13.1 Å². The van der Waals surface area contributed by atoms with E-state index in [-0.39, 0.29) is 26.7 Å². The normalized spacial score (nSPS) is 16.3. The molecule has 120 valence electrons. The molecule has 1 aromatic rings. The number of hydrogen-bond donors (Lipinski definition) is 0. The van der Waals surface area contributed by atoms with Crippen LogP contribution in [0.4, 0.5) is 0 Å². The summed E-state index contributed by atoms with van der Waals surface area (Å²) >= 11 is 17.5. The third-order valence-corrected chi connectivity index (χ3v) is 4.31. The van der Waals surface area contributed by atoms with Gasteiger partial charge in [-0.25, -0.2) is 9.78 Å². The van der Waals surface area contributed by atoms with Gasteiger partial charge in [0.05, 0.1) is 28.3 Å². The SMILES string of the molecule is C[C@H](OC(=O)c1ncc(Cl)c(Cl)c1Cl)C(=O)N1CCOCC1. The number of nitrogens with zero attached hydrogens (tertiary/aromatic N) is 2. The molecule has 0 saturated carbocycles. The Morgan fingerprint density at radius 2 is 1.91 bits per heavy atom. The molecule has 1 aliphatic rings. The van der Waals surface area contributed by atoms with E-state index in [0.717, 1.165) is 0 Å². The van der Waals surface area contributed by atoms with Crippen molar-refractivity contribution in [1.82, 2.24) is 9.88 Å². The van der Waals surface area contributed by atoms with Crippen molar-refractivity contribution in [3.05, 3.63) is 27.0 Å². The van der Waals surface area contributed by atoms with Crippen molar-refractivity contribution in [2.24, 2.45) is 0 Å². The lowest BCUT2D eigenvalue weighted by atomic mass is 10.3. The zero-order chi connectivity index (χ0) is 16.3. The summed E-state index contributed by atoms with van der Waals surface area (Å²) in [4.78, 5) is 29.6. The molecule has 0 bridgehead atoms. The third kappa shape index (κ3) is 3.81. The molecule has 1 saturated heterocycles. The van der Waals surface area contributed by atoms with Crippen molar-refractivity contribution < 1.29 is 19.1 Å². The van der Waals surface area contributed by atoms with Crippen LogP contribution < -0.4 is 0 Å². The van der Waals surface area contributed by atoms with Gasteiger partial charge in [-0.05, 0) is 6.92 Å². The predicted octanol–water partition coefficient (Wildman–Crippen LogP) is 2.45. The molecule has 1 amide bonds. The summed E-state index contributed by atoms with van der Waals surface area (Å²) in [5.41, 5.74) is -0.183. The van der Waals surface area contributed by atoms with Crippen LogP contribution in [-0.4, -0.2) is 54.2 Å². The molecular weight excluding hydrogens is 355 g/mol. The smallest absolute Gasteiger partial charge is 0.359 e. The number of halogens is 3. The van der Waals surface area contributed by atoms with Gasteiger partial charge in [0.25, 0.3) is 5.91 Å². The van der Waals surface area contributed by atoms with Crippen LogP contribution in [0, 0.1) is 0 Å². The summed E-state index contributed by atoms with van der Waals surface area (Å²) in [6, 6.07) is 0. The van der Waals surface area contributed by atoms with E-state index in [1.54, 1.807) is 4.90 Å². The molecule has 1 atom stereocenters. The van der Waals surface area contributed by atoms with Crippen molar-refractivity contribution in [3.63, 3.8) is 0 Å². The lowest BCUT2D eigenvalue weighted by Gasteiger charge is -2.28. The first-order chi connectivity index (χ1) is 10.4. The van der Waals surface area contributed by atoms with Gasteiger partial charge in [-0.15, -0.1) is 0 Å². The Morgan fingerprint density at radius 1 is 1.27 bits per heavy atom. The highest BCUT2D eigenvalue weighted by atomic mass is 35.5. The molecule has 6 nitrogen and oxygen atoms in total. The fourth-order valence-corrected chi connectivity index (χ4v) is 2.45. The second-order valence-electron chi connectivity index (χ2n) is 4.57. The quantitative estimate of drug-likeness (QED) is 0.768. The van der Waals surface area contributed by atoms with Crippen molar-refractivity contribution >= 4 is 46.7 Å². The van der Waals surface area contributed by atoms with Gasteiger partial charge in [-0.1, -0.05) is 34.8 Å². The molecule has 1 fully saturated rings. The van der Waals surface area contributed by atoms with Crippen LogP contribution >= 0.6 is 34.8 Å². The van der Waals surface area contributed by atoms with Crippen LogP contribution in [0.5, 0.6) is 0 Å². The predicted molar refractivity (Wildman–Crippen MR) is 81.5 cm³/mol. The molecule has 22 heavy (non-hydrogen) atoms. The number of carbonyl (C=O) groups excluding carboxylic acids is 2. The average Bonchev–Trinajstić information content (AvgIpc) is 2.52. The van der Waals surface area contributed by atoms with Gasteiger partial charge in [0, 0.05) is 19.3 Å². The van der Waals surface area contributed by atoms with E-state index < -0.39 is 12.1 Å². The third-order valence-electron chi connectivity index (χ3n) is 3.06. The summed E-state index contributed by atoms with van der Waals surface area (Å²) in [5, 5.41) is 0.0308. The maximum atomic E-state index is 12.2. The highest BCUT2D eigenvalue weighted by Gasteiger charge is 2.27. The zero-order valence-electron chi connectivity index (χ0n) is 11.6. The number of amides is 1. The van der Waals surface area contributed by atoms with Crippen LogP contribution in [-0.2, 0) is 14.3 Å². The Bertz CT molecular complexity index is 591. The Labute approximate surface area is 142 Å². The fourth-order valence-electron chi connectivity index (χ4n) is 1.89. The molecule has 0 aromatic carbocycles. The Balaban J connectivity index is 2.05. The van der Waals surface area contributed by atoms with E-state index in [0.29, 0.717) is 26.3 Å². The number of esters is 1. The van der Waals surface area contributed by atoms with Crippen LogP contribution in [0.25, 0.3) is 0 Å². The van der Waals surface area contributed by atoms with Crippen LogP contribution in [0.15, 0.2) is 6.20 Å². The number of rotatable bonds is 3. The fraction of sp³-hybridized carbons (Fsp3) is 0.462. The maximum Gasteiger partial charge on any atom is 0.359 e. The summed E-state index contributed by atoms with van der Waals surface area (Å²) in [5.74, 6) is -1.13. The second-order valence-corrected chi connectivity index (χ2v) is 5.73. The molecular formula is C13H13Cl3N2O4. The van der Waals surface area contributed by atoms with Gasteiger partial charge >= 0.3 is 5.97 Å². The van der Waals surface area contributed by atoms with E-state index in [4.69, 9.17) is 44.3 Å². The number of pyridine rings is 1. The van der Waals surface area contributed by atoms with Crippen molar-refractivity contribution in [3.8, 4) is 0 Å². The molecule has 1 aromatic heterocycles. The average molecular weight is 368 g/mol. The highest BCUT2D eigenvalue weighted by molar-refractivity contribution is 6.48. The Hall–Kier alpha value is -1.08. The van der Waals surface area contributed by atoms with Gasteiger partial charge < -0.3 is 14.4 Å². The van der Waals surface area contributed by atoms with Crippen LogP contribution in [0.3, 0.4) is 0 Å². The monoisotopic (exact) mass is 366 g/mol. The molecule has 0 radical (unpaired) electrons. The first-order valence-corrected chi connectivity index (χ1v) is 7.62. The van der Waals surface area contributed by atoms with Crippen LogP contribution in [0.1, 0.15) is 17.4 Å². The first kappa shape index (κ1) is 17.3. The van der Waals surface area contributed by atoms with Crippen molar-refractivity contribution in [2.45, 2.75) is 13.0 Å². The molecule has 0 spiro atoms. The minimum atomic E-state index is -0.960. The van der Waals surface area contributed by atoms with E-state index >= 15 is 0 Å². The number of hydrogen-bond acceptors (Lipinski definition) is 5. The number of ether oxygens (including phenoxy) is 2. The minimum absolute atomic E-state index is 0.0115. The van der Waals surface area contributed by atoms with Gasteiger partial charge in [-0.2, -0.15) is 0 Å². The van der Waals surface area contributed by atoms with Gasteiger partial charge in [0.1, 0.15) is 0 Å². The van der Waals surface area contributed by atoms with E-state index in [1.807, 2.05) is 0 Å². The summed E-state index contributed by atoms with van der Waals surface area (Å²) < 4.78 is 10.3. The molecule has 9 heteroatoms. The van der Waals surface area contributed by atoms with E-state index in [2.05, 4.69) is 4.98 Å². The van der Waals surface area contributed by atoms with Gasteiger partial charge in [0.2, 0.25) is 0 Å². The summed E-state index contributed by atoms with van der Waals surface area (Å²) in [6.07, 6.45) is 0.235. The molecule has 0 aliphatic carbocycles. The van der Waals surface area contributed by atoms with Gasteiger partial charge in [0.15, 0.2) is 11.8 Å². The first-order valence-electron chi connectivity index (χ1n) is 6.48. The molecule has 0 unspecified atom stereocenters. The highest BCUT2D eigenvalue weighted by Crippen LogP contribution is 2.31. The molecule has 1 aliphatic heterocycles. The van der Waals surface area contributed by atoms with Crippen molar-refractivity contribution in [1.29, 1.82) is 0 Å². The zero-order valence-corrected chi connectivity index (χ0v) is 13.9. The Kier molecular flexibility index (Phi) is 5.86. The summed E-state index contributed by atoms with van der Waals surface area (Å²) in [7, 11) is 0. The van der Waals surface area contributed by atoms with Gasteiger partial charge in [-0.3, -0.25) is 4.79 Å². The lowest BCUT2D eigenvalue weighted by Crippen LogP contribution is -2.46. The van der Waals surface area contributed by atoms with Crippen molar-refractivity contribution in [2.75, 3.05) is 26.3 Å². The van der Waals surface area contributed by atoms with E-state index in [9.17, 15) is 9.59 Å². The minimum Gasteiger partial charge on any atom is -0.448 e. The Morgan fingerprint density at radius 3 is 2.55 bits per heavy atom. The standard InChI is InChI=1S/C13H13Cl3N2O4/c1-7(12(19)18-2-4-21-5-3-18)22-13(20)11-10(16)9(15)8(14)6-17-11/h6-7H,2-5H2,1H3/t7-/m0/s1. The maximum absolute atomic E-state index is 12.2. The number of morpholine rings is 1. The summed E-state index contributed by atoms with van der Waals surface area (Å²) in [6.45, 7) is 3.35. The topological polar surface area (TPSA) is 68.7 Å². The number of aromatic nitrogens is 1. The number of carbonyl (C=O) groups is 2. The van der Waals surface area contributed by atoms with Crippen LogP contribution in [0.2, 0.25) is 15.1 Å². The molecule has 2 heterocycles. The largest absolute Gasteiger partial charge is 0.448 e. The second kappa shape index (κ2) is 7.46. The molecule has 0 N–H and O–H groups in total. The lowest BCUT2D eigenvalue weighted by molar-refractivity contribution is -0.143.